The Morgan fingerprint density at radius 3 is 2.53 bits per heavy atom. The predicted octanol–water partition coefficient (Wildman–Crippen LogP) is 0.802. The highest BCUT2D eigenvalue weighted by Gasteiger charge is 2.09. The molecule has 0 saturated carbocycles. The Bertz CT molecular complexity index is 290. The molecule has 0 aliphatic carbocycles. The molecule has 1 unspecified atom stereocenters. The normalized spacial score (nSPS) is 13.5. The van der Waals surface area contributed by atoms with Crippen molar-refractivity contribution in [2.24, 2.45) is 5.92 Å². The summed E-state index contributed by atoms with van der Waals surface area (Å²) >= 11 is 5.61. The van der Waals surface area contributed by atoms with E-state index in [9.17, 15) is 13.2 Å². The van der Waals surface area contributed by atoms with Crippen molar-refractivity contribution in [1.82, 2.24) is 5.32 Å². The van der Waals surface area contributed by atoms with Crippen LogP contribution in [0.3, 0.4) is 0 Å². The van der Waals surface area contributed by atoms with Crippen molar-refractivity contribution in [1.29, 1.82) is 0 Å². The van der Waals surface area contributed by atoms with Gasteiger partial charge < -0.3 is 5.32 Å². The second kappa shape index (κ2) is 7.06. The van der Waals surface area contributed by atoms with Gasteiger partial charge in [-0.2, -0.15) is 0 Å². The maximum atomic E-state index is 11.1. The van der Waals surface area contributed by atoms with Gasteiger partial charge in [0.25, 0.3) is 0 Å². The Morgan fingerprint density at radius 2 is 2.07 bits per heavy atom. The summed E-state index contributed by atoms with van der Waals surface area (Å²) in [6, 6.07) is 0. The molecule has 1 N–H and O–H groups in total. The first kappa shape index (κ1) is 14.7. The molecule has 0 aromatic carbocycles. The number of amides is 1. The molecule has 6 heteroatoms. The van der Waals surface area contributed by atoms with Gasteiger partial charge >= 0.3 is 0 Å². The van der Waals surface area contributed by atoms with Crippen LogP contribution in [0.25, 0.3) is 0 Å². The average Bonchev–Trinajstić information content (AvgIpc) is 2.09. The van der Waals surface area contributed by atoms with Gasteiger partial charge in [-0.1, -0.05) is 6.92 Å². The number of carbonyl (C=O) groups excluding carboxylic acids is 1. The molecule has 0 aromatic heterocycles. The second-order valence-electron chi connectivity index (χ2n) is 3.82. The molecule has 1 atom stereocenters. The van der Waals surface area contributed by atoms with Gasteiger partial charge in [-0.05, 0) is 18.8 Å². The van der Waals surface area contributed by atoms with Crippen LogP contribution in [0.15, 0.2) is 0 Å². The van der Waals surface area contributed by atoms with Crippen LogP contribution in [0.2, 0.25) is 0 Å². The maximum absolute atomic E-state index is 11.1. The third-order valence-corrected chi connectivity index (χ3v) is 3.17. The molecule has 0 aliphatic heterocycles. The minimum Gasteiger partial charge on any atom is -0.355 e. The van der Waals surface area contributed by atoms with Crippen LogP contribution in [0.5, 0.6) is 0 Å². The van der Waals surface area contributed by atoms with Gasteiger partial charge in [0.2, 0.25) is 5.91 Å². The Balaban J connectivity index is 3.57. The summed E-state index contributed by atoms with van der Waals surface area (Å²) < 4.78 is 21.5. The van der Waals surface area contributed by atoms with E-state index in [-0.39, 0.29) is 0 Å². The zero-order valence-corrected chi connectivity index (χ0v) is 10.7. The quantitative estimate of drug-likeness (QED) is 0.541. The van der Waals surface area contributed by atoms with E-state index in [0.717, 1.165) is 19.1 Å². The zero-order valence-electron chi connectivity index (χ0n) is 9.12. The highest BCUT2D eigenvalue weighted by molar-refractivity contribution is 7.91. The van der Waals surface area contributed by atoms with Crippen LogP contribution in [0, 0.1) is 5.92 Å². The number of carbonyl (C=O) groups is 1. The van der Waals surface area contributed by atoms with E-state index < -0.39 is 21.5 Å². The summed E-state index contributed by atoms with van der Waals surface area (Å²) in [4.78, 5) is 11.1. The summed E-state index contributed by atoms with van der Waals surface area (Å²) in [5, 5.41) is 2.56. The highest BCUT2D eigenvalue weighted by Crippen LogP contribution is 2.05. The molecule has 1 amide bonds. The lowest BCUT2D eigenvalue weighted by molar-refractivity contribution is -0.118. The van der Waals surface area contributed by atoms with E-state index in [1.165, 1.54) is 0 Å². The van der Waals surface area contributed by atoms with Crippen LogP contribution in [0.1, 0.15) is 19.8 Å². The molecule has 0 aliphatic rings. The monoisotopic (exact) mass is 255 g/mol. The van der Waals surface area contributed by atoms with Crippen molar-refractivity contribution in [2.75, 3.05) is 24.4 Å². The number of halogens is 1. The fourth-order valence-electron chi connectivity index (χ4n) is 1.04. The van der Waals surface area contributed by atoms with Gasteiger partial charge in [-0.3, -0.25) is 4.79 Å². The van der Waals surface area contributed by atoms with Gasteiger partial charge in [0.15, 0.2) is 9.84 Å². The fourth-order valence-corrected chi connectivity index (χ4v) is 1.78. The van der Waals surface area contributed by atoms with Gasteiger partial charge in [0, 0.05) is 18.7 Å². The number of alkyl halides is 1. The Kier molecular flexibility index (Phi) is 6.92. The summed E-state index contributed by atoms with van der Waals surface area (Å²) in [6.07, 6.45) is 2.80. The minimum atomic E-state index is -3.21. The van der Waals surface area contributed by atoms with Crippen LogP contribution in [-0.2, 0) is 14.6 Å². The van der Waals surface area contributed by atoms with Crippen molar-refractivity contribution in [3.05, 3.63) is 0 Å². The van der Waals surface area contributed by atoms with E-state index in [2.05, 4.69) is 5.32 Å². The van der Waals surface area contributed by atoms with Crippen LogP contribution in [0.4, 0.5) is 0 Å². The number of rotatable bonds is 7. The number of sulfone groups is 1. The summed E-state index contributed by atoms with van der Waals surface area (Å²) in [5.41, 5.74) is 0. The average molecular weight is 256 g/mol. The molecule has 0 heterocycles. The predicted molar refractivity (Wildman–Crippen MR) is 61.8 cm³/mol. The molecule has 15 heavy (non-hydrogen) atoms. The van der Waals surface area contributed by atoms with Gasteiger partial charge in [-0.25, -0.2) is 8.42 Å². The minimum absolute atomic E-state index is 0.429. The maximum Gasteiger partial charge on any atom is 0.235 e. The fraction of sp³-hybridized carbons (Fsp3) is 0.889. The first-order valence-electron chi connectivity index (χ1n) is 4.85. The van der Waals surface area contributed by atoms with Gasteiger partial charge in [-0.15, -0.1) is 11.6 Å². The molecule has 0 aromatic rings. The molecule has 0 saturated heterocycles. The van der Waals surface area contributed by atoms with Crippen LogP contribution < -0.4 is 5.32 Å². The van der Waals surface area contributed by atoms with E-state index >= 15 is 0 Å². The molecule has 4 nitrogen and oxygen atoms in total. The van der Waals surface area contributed by atoms with Crippen molar-refractivity contribution in [2.45, 2.75) is 19.8 Å². The van der Waals surface area contributed by atoms with Crippen molar-refractivity contribution in [3.8, 4) is 0 Å². The lowest BCUT2D eigenvalue weighted by Gasteiger charge is -2.07. The zero-order chi connectivity index (χ0) is 11.9. The Hall–Kier alpha value is -0.290. The van der Waals surface area contributed by atoms with Crippen molar-refractivity contribution >= 4 is 27.3 Å². The first-order valence-corrected chi connectivity index (χ1v) is 7.45. The Labute approximate surface area is 96.3 Å². The van der Waals surface area contributed by atoms with E-state index in [4.69, 9.17) is 11.6 Å². The smallest absolute Gasteiger partial charge is 0.235 e. The molecular formula is C9H18ClNO3S. The summed E-state index contributed by atoms with van der Waals surface area (Å²) in [7, 11) is -3.21. The summed E-state index contributed by atoms with van der Waals surface area (Å²) in [5.74, 6) is 0.171. The van der Waals surface area contributed by atoms with Crippen LogP contribution in [-0.4, -0.2) is 38.8 Å². The lowest BCUT2D eigenvalue weighted by Crippen LogP contribution is -2.30. The highest BCUT2D eigenvalue weighted by atomic mass is 35.5. The van der Waals surface area contributed by atoms with E-state index in [0.29, 0.717) is 18.3 Å². The van der Waals surface area contributed by atoms with E-state index in [1.54, 1.807) is 0 Å². The van der Waals surface area contributed by atoms with Crippen LogP contribution >= 0.6 is 11.6 Å². The molecule has 90 valence electrons. The number of nitrogens with one attached hydrogen (secondary N) is 1. The molecule has 0 fully saturated rings. The Morgan fingerprint density at radius 1 is 1.47 bits per heavy atom. The van der Waals surface area contributed by atoms with Gasteiger partial charge in [0.05, 0.1) is 0 Å². The first-order chi connectivity index (χ1) is 6.85. The number of hydrogen-bond donors (Lipinski definition) is 1. The van der Waals surface area contributed by atoms with Crippen molar-refractivity contribution in [3.63, 3.8) is 0 Å². The lowest BCUT2D eigenvalue weighted by atomic mass is 10.1. The topological polar surface area (TPSA) is 63.2 Å². The molecular weight excluding hydrogens is 238 g/mol. The molecule has 0 radical (unpaired) electrons. The molecule has 0 bridgehead atoms. The molecule has 0 rings (SSSR count). The van der Waals surface area contributed by atoms with Crippen molar-refractivity contribution < 1.29 is 13.2 Å². The van der Waals surface area contributed by atoms with Gasteiger partial charge in [0.1, 0.15) is 5.75 Å². The third-order valence-electron chi connectivity index (χ3n) is 1.85. The van der Waals surface area contributed by atoms with E-state index in [1.807, 2.05) is 6.92 Å². The SMILES string of the molecule is CC(CCl)CCCNC(=O)CS(C)(=O)=O. The standard InChI is InChI=1S/C9H18ClNO3S/c1-8(6-10)4-3-5-11-9(12)7-15(2,13)14/h8H,3-7H2,1-2H3,(H,11,12). The third kappa shape index (κ3) is 10.0. The largest absolute Gasteiger partial charge is 0.355 e. The molecule has 0 spiro atoms. The second-order valence-corrected chi connectivity index (χ2v) is 6.27. The summed E-state index contributed by atoms with van der Waals surface area (Å²) in [6.45, 7) is 2.54. The number of hydrogen-bond acceptors (Lipinski definition) is 3.